The van der Waals surface area contributed by atoms with Gasteiger partial charge in [0.15, 0.2) is 0 Å². The Hall–Kier alpha value is -2.69. The number of rotatable bonds is 4. The normalized spacial score (nSPS) is 20.7. The number of likely N-dealkylation sites (N-methyl/N-ethyl adjacent to an activating group) is 1. The summed E-state index contributed by atoms with van der Waals surface area (Å²) in [4.78, 5) is 33.8. The zero-order valence-corrected chi connectivity index (χ0v) is 17.1. The van der Waals surface area contributed by atoms with E-state index in [1.165, 1.54) is 6.42 Å². The summed E-state index contributed by atoms with van der Waals surface area (Å²) in [6.45, 7) is 1.26. The van der Waals surface area contributed by atoms with Crippen molar-refractivity contribution in [2.24, 2.45) is 5.92 Å². The van der Waals surface area contributed by atoms with E-state index >= 15 is 0 Å². The lowest BCUT2D eigenvalue weighted by atomic mass is 9.87. The molecular formula is C24H29N3O2. The summed E-state index contributed by atoms with van der Waals surface area (Å²) in [5, 5.41) is 0. The predicted octanol–water partition coefficient (Wildman–Crippen LogP) is 3.54. The molecule has 1 aromatic carbocycles. The van der Waals surface area contributed by atoms with Crippen molar-refractivity contribution in [1.29, 1.82) is 0 Å². The average Bonchev–Trinajstić information content (AvgIpc) is 2.78. The summed E-state index contributed by atoms with van der Waals surface area (Å²) >= 11 is 0. The Labute approximate surface area is 172 Å². The summed E-state index contributed by atoms with van der Waals surface area (Å²) < 4.78 is 0. The number of piperazine rings is 1. The fourth-order valence-corrected chi connectivity index (χ4v) is 4.56. The monoisotopic (exact) mass is 391 g/mol. The second-order valence-electron chi connectivity index (χ2n) is 8.28. The van der Waals surface area contributed by atoms with Crippen molar-refractivity contribution in [3.8, 4) is 11.1 Å². The third kappa shape index (κ3) is 4.34. The highest BCUT2D eigenvalue weighted by molar-refractivity contribution is 5.90. The second kappa shape index (κ2) is 8.76. The second-order valence-corrected chi connectivity index (χ2v) is 8.28. The van der Waals surface area contributed by atoms with Crippen molar-refractivity contribution in [1.82, 2.24) is 14.8 Å². The molecule has 1 atom stereocenters. The molecule has 0 spiro atoms. The van der Waals surface area contributed by atoms with Gasteiger partial charge in [0, 0.05) is 44.9 Å². The number of pyridine rings is 1. The number of amides is 2. The Morgan fingerprint density at radius 3 is 2.31 bits per heavy atom. The summed E-state index contributed by atoms with van der Waals surface area (Å²) in [6.07, 6.45) is 9.54. The fraction of sp³-hybridized carbons (Fsp3) is 0.458. The molecule has 2 aromatic rings. The highest BCUT2D eigenvalue weighted by Crippen LogP contribution is 2.28. The number of benzene rings is 1. The molecule has 5 nitrogen and oxygen atoms in total. The van der Waals surface area contributed by atoms with Gasteiger partial charge in [-0.05, 0) is 41.7 Å². The van der Waals surface area contributed by atoms with Gasteiger partial charge in [0.2, 0.25) is 11.8 Å². The van der Waals surface area contributed by atoms with Gasteiger partial charge in [0.25, 0.3) is 0 Å². The van der Waals surface area contributed by atoms with Crippen LogP contribution < -0.4 is 0 Å². The number of hydrogen-bond donors (Lipinski definition) is 0. The smallest absolute Gasteiger partial charge is 0.245 e. The minimum absolute atomic E-state index is 0.0543. The van der Waals surface area contributed by atoms with Crippen molar-refractivity contribution < 1.29 is 9.59 Å². The first-order chi connectivity index (χ1) is 14.1. The Morgan fingerprint density at radius 2 is 1.62 bits per heavy atom. The van der Waals surface area contributed by atoms with E-state index in [1.807, 2.05) is 24.1 Å². The Morgan fingerprint density at radius 1 is 0.966 bits per heavy atom. The van der Waals surface area contributed by atoms with E-state index in [9.17, 15) is 9.59 Å². The molecule has 0 unspecified atom stereocenters. The van der Waals surface area contributed by atoms with E-state index in [1.54, 1.807) is 17.3 Å². The van der Waals surface area contributed by atoms with Crippen LogP contribution in [0, 0.1) is 5.92 Å². The molecule has 1 aliphatic carbocycles. The first-order valence-corrected chi connectivity index (χ1v) is 10.7. The zero-order chi connectivity index (χ0) is 20.2. The molecule has 0 radical (unpaired) electrons. The van der Waals surface area contributed by atoms with Gasteiger partial charge in [-0.1, -0.05) is 43.5 Å². The van der Waals surface area contributed by atoms with Gasteiger partial charge in [-0.2, -0.15) is 0 Å². The van der Waals surface area contributed by atoms with Crippen LogP contribution in [0.4, 0.5) is 0 Å². The van der Waals surface area contributed by atoms with Gasteiger partial charge >= 0.3 is 0 Å². The fourth-order valence-electron chi connectivity index (χ4n) is 4.56. The molecule has 5 heteroatoms. The van der Waals surface area contributed by atoms with Crippen LogP contribution in [0.1, 0.15) is 37.7 Å². The van der Waals surface area contributed by atoms with E-state index in [0.29, 0.717) is 19.5 Å². The molecule has 1 saturated heterocycles. The van der Waals surface area contributed by atoms with E-state index < -0.39 is 6.04 Å². The quantitative estimate of drug-likeness (QED) is 0.801. The maximum Gasteiger partial charge on any atom is 0.245 e. The SMILES string of the molecule is CN1CCN(C(=O)C2CCCCC2)[C@@H](Cc2ccc(-c3ccncc3)cc2)C1=O. The van der Waals surface area contributed by atoms with Crippen molar-refractivity contribution in [2.45, 2.75) is 44.6 Å². The number of carbonyl (C=O) groups excluding carboxylic acids is 2. The first-order valence-electron chi connectivity index (χ1n) is 10.7. The third-order valence-corrected chi connectivity index (χ3v) is 6.35. The highest BCUT2D eigenvalue weighted by Gasteiger charge is 2.38. The molecule has 0 N–H and O–H groups in total. The number of aromatic nitrogens is 1. The lowest BCUT2D eigenvalue weighted by Gasteiger charge is -2.41. The Bertz CT molecular complexity index is 844. The van der Waals surface area contributed by atoms with Gasteiger partial charge in [0.1, 0.15) is 6.04 Å². The van der Waals surface area contributed by atoms with E-state index in [4.69, 9.17) is 0 Å². The maximum atomic E-state index is 13.2. The van der Waals surface area contributed by atoms with Gasteiger partial charge in [-0.25, -0.2) is 0 Å². The van der Waals surface area contributed by atoms with Crippen LogP contribution in [-0.4, -0.2) is 52.8 Å². The molecule has 2 amide bonds. The molecule has 2 heterocycles. The van der Waals surface area contributed by atoms with Crippen LogP contribution in [0.25, 0.3) is 11.1 Å². The summed E-state index contributed by atoms with van der Waals surface area (Å²) in [6, 6.07) is 11.9. The van der Waals surface area contributed by atoms with Gasteiger partial charge in [0.05, 0.1) is 0 Å². The molecule has 152 valence electrons. The van der Waals surface area contributed by atoms with Gasteiger partial charge < -0.3 is 9.80 Å². The zero-order valence-electron chi connectivity index (χ0n) is 17.1. The molecule has 1 aromatic heterocycles. The van der Waals surface area contributed by atoms with Crippen LogP contribution in [-0.2, 0) is 16.0 Å². The van der Waals surface area contributed by atoms with Crippen molar-refractivity contribution >= 4 is 11.8 Å². The average molecular weight is 392 g/mol. The minimum Gasteiger partial charge on any atom is -0.342 e. The lowest BCUT2D eigenvalue weighted by molar-refractivity contribution is -0.153. The predicted molar refractivity (Wildman–Crippen MR) is 113 cm³/mol. The van der Waals surface area contributed by atoms with E-state index in [0.717, 1.165) is 42.4 Å². The molecule has 1 saturated carbocycles. The highest BCUT2D eigenvalue weighted by atomic mass is 16.2. The van der Waals surface area contributed by atoms with Crippen molar-refractivity contribution in [2.75, 3.05) is 20.1 Å². The van der Waals surface area contributed by atoms with Crippen LogP contribution in [0.5, 0.6) is 0 Å². The topological polar surface area (TPSA) is 53.5 Å². The van der Waals surface area contributed by atoms with Gasteiger partial charge in [-0.3, -0.25) is 14.6 Å². The van der Waals surface area contributed by atoms with Crippen molar-refractivity contribution in [3.63, 3.8) is 0 Å². The molecular weight excluding hydrogens is 362 g/mol. The number of carbonyl (C=O) groups is 2. The number of nitrogens with zero attached hydrogens (tertiary/aromatic N) is 3. The molecule has 2 fully saturated rings. The standard InChI is InChI=1S/C24H29N3O2/c1-26-15-16-27(23(28)21-5-3-2-4-6-21)22(24(26)29)17-18-7-9-19(10-8-18)20-11-13-25-14-12-20/h7-14,21-22H,2-6,15-17H2,1H3/t22-/m0/s1. The molecule has 4 rings (SSSR count). The first kappa shape index (κ1) is 19.6. The Kier molecular flexibility index (Phi) is 5.93. The van der Waals surface area contributed by atoms with Crippen molar-refractivity contribution in [3.05, 3.63) is 54.4 Å². The van der Waals surface area contributed by atoms with Gasteiger partial charge in [-0.15, -0.1) is 0 Å². The molecule has 2 aliphatic rings. The minimum atomic E-state index is -0.394. The van der Waals surface area contributed by atoms with Crippen LogP contribution in [0.15, 0.2) is 48.8 Å². The van der Waals surface area contributed by atoms with Crippen LogP contribution >= 0.6 is 0 Å². The lowest BCUT2D eigenvalue weighted by Crippen LogP contribution is -2.59. The third-order valence-electron chi connectivity index (χ3n) is 6.35. The summed E-state index contributed by atoms with van der Waals surface area (Å²) in [5.74, 6) is 0.333. The van der Waals surface area contributed by atoms with E-state index in [2.05, 4.69) is 29.2 Å². The maximum absolute atomic E-state index is 13.2. The molecule has 29 heavy (non-hydrogen) atoms. The number of hydrogen-bond acceptors (Lipinski definition) is 3. The van der Waals surface area contributed by atoms with Crippen LogP contribution in [0.2, 0.25) is 0 Å². The van der Waals surface area contributed by atoms with Crippen LogP contribution in [0.3, 0.4) is 0 Å². The molecule has 1 aliphatic heterocycles. The molecule has 0 bridgehead atoms. The Balaban J connectivity index is 1.51. The summed E-state index contributed by atoms with van der Waals surface area (Å²) in [7, 11) is 1.84. The summed E-state index contributed by atoms with van der Waals surface area (Å²) in [5.41, 5.74) is 3.32. The largest absolute Gasteiger partial charge is 0.342 e. The van der Waals surface area contributed by atoms with E-state index in [-0.39, 0.29) is 17.7 Å².